The van der Waals surface area contributed by atoms with Crippen LogP contribution in [0.1, 0.15) is 40.0 Å². The van der Waals surface area contributed by atoms with Gasteiger partial charge in [0.25, 0.3) is 0 Å². The van der Waals surface area contributed by atoms with Gasteiger partial charge < -0.3 is 9.53 Å². The minimum Gasteiger partial charge on any atom is -0.367 e. The van der Waals surface area contributed by atoms with Crippen molar-refractivity contribution in [3.63, 3.8) is 0 Å². The van der Waals surface area contributed by atoms with Crippen molar-refractivity contribution in [3.8, 4) is 0 Å². The fourth-order valence-corrected chi connectivity index (χ4v) is 2.18. The van der Waals surface area contributed by atoms with Gasteiger partial charge in [-0.05, 0) is 31.1 Å². The van der Waals surface area contributed by atoms with Crippen LogP contribution in [0, 0.1) is 11.8 Å². The van der Waals surface area contributed by atoms with Crippen LogP contribution in [-0.2, 0) is 9.53 Å². The largest absolute Gasteiger partial charge is 0.367 e. The Morgan fingerprint density at radius 1 is 1.62 bits per heavy atom. The maximum absolute atomic E-state index is 11.0. The average molecular weight is 184 g/mol. The normalized spacial score (nSPS) is 34.9. The summed E-state index contributed by atoms with van der Waals surface area (Å²) in [5, 5.41) is 0. The lowest BCUT2D eigenvalue weighted by Crippen LogP contribution is -2.41. The molecule has 2 nitrogen and oxygen atoms in total. The Balaban J connectivity index is 2.61. The van der Waals surface area contributed by atoms with Crippen LogP contribution in [0.2, 0.25) is 0 Å². The molecule has 76 valence electrons. The predicted octanol–water partition coefficient (Wildman–Crippen LogP) is 2.42. The van der Waals surface area contributed by atoms with Crippen LogP contribution in [0.25, 0.3) is 0 Å². The monoisotopic (exact) mass is 184 g/mol. The van der Waals surface area contributed by atoms with Gasteiger partial charge in [0.05, 0.1) is 0 Å². The van der Waals surface area contributed by atoms with E-state index < -0.39 is 5.60 Å². The molecule has 0 aromatic rings. The lowest BCUT2D eigenvalue weighted by molar-refractivity contribution is -0.144. The molecule has 1 rings (SSSR count). The Bertz CT molecular complexity index is 173. The fourth-order valence-electron chi connectivity index (χ4n) is 2.18. The first-order valence-electron chi connectivity index (χ1n) is 5.18. The molecule has 0 radical (unpaired) electrons. The summed E-state index contributed by atoms with van der Waals surface area (Å²) in [6, 6.07) is 0. The van der Waals surface area contributed by atoms with E-state index in [4.69, 9.17) is 4.74 Å². The molecule has 0 amide bonds. The number of hydrogen-bond acceptors (Lipinski definition) is 2. The van der Waals surface area contributed by atoms with Gasteiger partial charge in [0.2, 0.25) is 0 Å². The first-order chi connectivity index (χ1) is 6.08. The van der Waals surface area contributed by atoms with Gasteiger partial charge in [-0.3, -0.25) is 0 Å². The topological polar surface area (TPSA) is 26.3 Å². The van der Waals surface area contributed by atoms with E-state index in [0.717, 1.165) is 32.2 Å². The van der Waals surface area contributed by atoms with Gasteiger partial charge >= 0.3 is 0 Å². The van der Waals surface area contributed by atoms with Gasteiger partial charge in [0.15, 0.2) is 6.29 Å². The van der Waals surface area contributed by atoms with Crippen LogP contribution in [0.3, 0.4) is 0 Å². The van der Waals surface area contributed by atoms with Gasteiger partial charge in [-0.25, -0.2) is 0 Å². The van der Waals surface area contributed by atoms with Crippen molar-refractivity contribution < 1.29 is 9.53 Å². The third kappa shape index (κ3) is 2.80. The minimum atomic E-state index is -0.466. The molecular formula is C11H20O2. The molecule has 1 heterocycles. The molecule has 0 saturated carbocycles. The SMILES string of the molecule is CC(C)CC1(C=O)CC(C)CCO1. The van der Waals surface area contributed by atoms with Crippen LogP contribution in [0.4, 0.5) is 0 Å². The van der Waals surface area contributed by atoms with Crippen molar-refractivity contribution in [2.75, 3.05) is 6.61 Å². The van der Waals surface area contributed by atoms with Crippen molar-refractivity contribution in [2.45, 2.75) is 45.6 Å². The maximum atomic E-state index is 11.0. The molecule has 0 bridgehead atoms. The summed E-state index contributed by atoms with van der Waals surface area (Å²) >= 11 is 0. The maximum Gasteiger partial charge on any atom is 0.151 e. The highest BCUT2D eigenvalue weighted by molar-refractivity contribution is 5.62. The van der Waals surface area contributed by atoms with Crippen molar-refractivity contribution >= 4 is 6.29 Å². The van der Waals surface area contributed by atoms with E-state index in [1.54, 1.807) is 0 Å². The van der Waals surface area contributed by atoms with Gasteiger partial charge in [-0.1, -0.05) is 20.8 Å². The molecule has 1 fully saturated rings. The highest BCUT2D eigenvalue weighted by Gasteiger charge is 2.36. The molecule has 2 atom stereocenters. The molecule has 0 N–H and O–H groups in total. The molecule has 2 heteroatoms. The molecule has 0 aliphatic carbocycles. The lowest BCUT2D eigenvalue weighted by Gasteiger charge is -2.36. The van der Waals surface area contributed by atoms with E-state index >= 15 is 0 Å². The molecule has 2 unspecified atom stereocenters. The molecule has 0 spiro atoms. The highest BCUT2D eigenvalue weighted by Crippen LogP contribution is 2.32. The van der Waals surface area contributed by atoms with Crippen LogP contribution in [0.15, 0.2) is 0 Å². The number of carbonyl (C=O) groups excluding carboxylic acids is 1. The van der Waals surface area contributed by atoms with Crippen molar-refractivity contribution in [3.05, 3.63) is 0 Å². The average Bonchev–Trinajstić information content (AvgIpc) is 2.03. The zero-order valence-electron chi connectivity index (χ0n) is 8.88. The number of aldehydes is 1. The molecule has 1 aliphatic rings. The predicted molar refractivity (Wildman–Crippen MR) is 52.6 cm³/mol. The third-order valence-electron chi connectivity index (χ3n) is 2.66. The van der Waals surface area contributed by atoms with E-state index in [2.05, 4.69) is 20.8 Å². The van der Waals surface area contributed by atoms with Crippen LogP contribution in [0.5, 0.6) is 0 Å². The van der Waals surface area contributed by atoms with E-state index in [1.165, 1.54) is 0 Å². The summed E-state index contributed by atoms with van der Waals surface area (Å²) in [6.07, 6.45) is 3.87. The second kappa shape index (κ2) is 4.23. The minimum absolute atomic E-state index is 0.466. The summed E-state index contributed by atoms with van der Waals surface area (Å²) in [6.45, 7) is 7.20. The summed E-state index contributed by atoms with van der Waals surface area (Å²) in [4.78, 5) is 11.0. The van der Waals surface area contributed by atoms with Gasteiger partial charge in [0, 0.05) is 6.61 Å². The second-order valence-electron chi connectivity index (χ2n) is 4.73. The van der Waals surface area contributed by atoms with Crippen LogP contribution in [-0.4, -0.2) is 18.5 Å². The van der Waals surface area contributed by atoms with Crippen molar-refractivity contribution in [1.82, 2.24) is 0 Å². The molecular weight excluding hydrogens is 164 g/mol. The van der Waals surface area contributed by atoms with Crippen molar-refractivity contribution in [2.24, 2.45) is 11.8 Å². The summed E-state index contributed by atoms with van der Waals surface area (Å²) in [5.41, 5.74) is -0.466. The smallest absolute Gasteiger partial charge is 0.151 e. The second-order valence-corrected chi connectivity index (χ2v) is 4.73. The lowest BCUT2D eigenvalue weighted by atomic mass is 9.82. The van der Waals surface area contributed by atoms with E-state index in [-0.39, 0.29) is 0 Å². The Labute approximate surface area is 80.7 Å². The molecule has 13 heavy (non-hydrogen) atoms. The zero-order valence-corrected chi connectivity index (χ0v) is 8.88. The quantitative estimate of drug-likeness (QED) is 0.630. The van der Waals surface area contributed by atoms with Crippen molar-refractivity contribution in [1.29, 1.82) is 0 Å². The van der Waals surface area contributed by atoms with Gasteiger partial charge in [-0.2, -0.15) is 0 Å². The van der Waals surface area contributed by atoms with Gasteiger partial charge in [0.1, 0.15) is 5.60 Å². The van der Waals surface area contributed by atoms with E-state index in [9.17, 15) is 4.79 Å². The Kier molecular flexibility index (Phi) is 3.48. The Morgan fingerprint density at radius 2 is 2.31 bits per heavy atom. The molecule has 0 aromatic carbocycles. The fraction of sp³-hybridized carbons (Fsp3) is 0.909. The molecule has 1 saturated heterocycles. The van der Waals surface area contributed by atoms with E-state index in [0.29, 0.717) is 11.8 Å². The number of carbonyl (C=O) groups is 1. The van der Waals surface area contributed by atoms with Crippen LogP contribution >= 0.6 is 0 Å². The summed E-state index contributed by atoms with van der Waals surface area (Å²) < 4.78 is 5.63. The number of rotatable bonds is 3. The summed E-state index contributed by atoms with van der Waals surface area (Å²) in [5.74, 6) is 1.15. The zero-order chi connectivity index (χ0) is 9.90. The van der Waals surface area contributed by atoms with E-state index in [1.807, 2.05) is 0 Å². The summed E-state index contributed by atoms with van der Waals surface area (Å²) in [7, 11) is 0. The molecule has 1 aliphatic heterocycles. The first kappa shape index (κ1) is 10.7. The number of hydrogen-bond donors (Lipinski definition) is 0. The Hall–Kier alpha value is -0.370. The highest BCUT2D eigenvalue weighted by atomic mass is 16.5. The first-order valence-corrected chi connectivity index (χ1v) is 5.18. The Morgan fingerprint density at radius 3 is 2.77 bits per heavy atom. The standard InChI is InChI=1S/C11H20O2/c1-9(2)6-11(8-12)7-10(3)4-5-13-11/h8-10H,4-7H2,1-3H3. The van der Waals surface area contributed by atoms with Crippen LogP contribution < -0.4 is 0 Å². The number of ether oxygens (including phenoxy) is 1. The van der Waals surface area contributed by atoms with Gasteiger partial charge in [-0.15, -0.1) is 0 Å². The molecule has 0 aromatic heterocycles. The third-order valence-corrected chi connectivity index (χ3v) is 2.66.